The van der Waals surface area contributed by atoms with E-state index in [1.165, 1.54) is 11.1 Å². The van der Waals surface area contributed by atoms with Gasteiger partial charge in [0.05, 0.1) is 0 Å². The van der Waals surface area contributed by atoms with Crippen LogP contribution in [-0.4, -0.2) is 0 Å². The quantitative estimate of drug-likeness (QED) is 0.591. The largest absolute Gasteiger partial charge is 0.0853 e. The van der Waals surface area contributed by atoms with Crippen molar-refractivity contribution in [1.29, 1.82) is 0 Å². The van der Waals surface area contributed by atoms with Crippen molar-refractivity contribution < 1.29 is 0 Å². The summed E-state index contributed by atoms with van der Waals surface area (Å²) in [6.45, 7) is 4.25. The summed E-state index contributed by atoms with van der Waals surface area (Å²) < 4.78 is 0. The predicted molar refractivity (Wildman–Crippen MR) is 53.9 cm³/mol. The van der Waals surface area contributed by atoms with Crippen LogP contribution in [0.1, 0.15) is 25.8 Å². The molecule has 0 aliphatic carbocycles. The Bertz CT molecular complexity index is 240. The number of rotatable bonds is 3. The van der Waals surface area contributed by atoms with Gasteiger partial charge in [0.2, 0.25) is 0 Å². The molecule has 0 saturated carbocycles. The minimum atomic E-state index is 1.03. The molecule has 1 aromatic rings. The fourth-order valence-corrected chi connectivity index (χ4v) is 1.02. The molecular formula is C12H15. The monoisotopic (exact) mass is 159 g/mol. The Kier molecular flexibility index (Phi) is 3.59. The molecule has 0 heteroatoms. The normalized spacial score (nSPS) is 9.50. The van der Waals surface area contributed by atoms with E-state index in [1.54, 1.807) is 0 Å². The van der Waals surface area contributed by atoms with Crippen LogP contribution in [0, 0.1) is 6.42 Å². The van der Waals surface area contributed by atoms with Crippen LogP contribution in [-0.2, 0) is 0 Å². The van der Waals surface area contributed by atoms with Crippen LogP contribution in [0.25, 0.3) is 0 Å². The third-order valence-electron chi connectivity index (χ3n) is 1.68. The predicted octanol–water partition coefficient (Wildman–Crippen LogP) is 3.60. The first-order valence-electron chi connectivity index (χ1n) is 4.30. The van der Waals surface area contributed by atoms with Gasteiger partial charge in [-0.2, -0.15) is 0 Å². The van der Waals surface area contributed by atoms with Gasteiger partial charge in [-0.05, 0) is 32.3 Å². The number of hydrogen-bond donors (Lipinski definition) is 0. The fourth-order valence-electron chi connectivity index (χ4n) is 1.02. The molecule has 0 unspecified atom stereocenters. The van der Waals surface area contributed by atoms with Crippen LogP contribution < -0.4 is 0 Å². The molecule has 12 heavy (non-hydrogen) atoms. The van der Waals surface area contributed by atoms with Gasteiger partial charge in [0, 0.05) is 0 Å². The minimum absolute atomic E-state index is 1.03. The van der Waals surface area contributed by atoms with Crippen molar-refractivity contribution in [1.82, 2.24) is 0 Å². The second-order valence-electron chi connectivity index (χ2n) is 3.13. The van der Waals surface area contributed by atoms with E-state index >= 15 is 0 Å². The zero-order valence-electron chi connectivity index (χ0n) is 7.75. The Morgan fingerprint density at radius 1 is 1.17 bits per heavy atom. The first-order chi connectivity index (χ1) is 5.79. The molecule has 0 spiro atoms. The van der Waals surface area contributed by atoms with E-state index in [-0.39, 0.29) is 0 Å². The molecule has 1 aromatic carbocycles. The summed E-state index contributed by atoms with van der Waals surface area (Å²) in [5, 5.41) is 0. The Morgan fingerprint density at radius 2 is 1.83 bits per heavy atom. The van der Waals surface area contributed by atoms with Gasteiger partial charge in [-0.3, -0.25) is 0 Å². The lowest BCUT2D eigenvalue weighted by Gasteiger charge is -1.96. The lowest BCUT2D eigenvalue weighted by molar-refractivity contribution is 1.20. The van der Waals surface area contributed by atoms with Gasteiger partial charge >= 0.3 is 0 Å². The summed E-state index contributed by atoms with van der Waals surface area (Å²) in [5.74, 6) is 0. The molecule has 0 amide bonds. The van der Waals surface area contributed by atoms with Gasteiger partial charge in [-0.25, -0.2) is 0 Å². The molecule has 0 nitrogen and oxygen atoms in total. The second-order valence-corrected chi connectivity index (χ2v) is 3.13. The van der Waals surface area contributed by atoms with Crippen LogP contribution in [0.4, 0.5) is 0 Å². The SMILES string of the molecule is CC(C)=CC[CH]c1ccccc1. The summed E-state index contributed by atoms with van der Waals surface area (Å²) in [6.07, 6.45) is 5.49. The van der Waals surface area contributed by atoms with Crippen LogP contribution in [0.3, 0.4) is 0 Å². The van der Waals surface area contributed by atoms with Crippen molar-refractivity contribution in [2.75, 3.05) is 0 Å². The summed E-state index contributed by atoms with van der Waals surface area (Å²) in [5.41, 5.74) is 2.68. The van der Waals surface area contributed by atoms with Crippen molar-refractivity contribution in [3.63, 3.8) is 0 Å². The standard InChI is InChI=1S/C12H15/c1-11(2)7-6-10-12-8-4-3-5-9-12/h3-5,7-10H,6H2,1-2H3. The molecule has 0 fully saturated rings. The molecule has 0 atom stereocenters. The molecular weight excluding hydrogens is 144 g/mol. The van der Waals surface area contributed by atoms with Gasteiger partial charge in [-0.15, -0.1) is 0 Å². The second kappa shape index (κ2) is 4.76. The molecule has 0 aliphatic heterocycles. The number of benzene rings is 1. The summed E-state index contributed by atoms with van der Waals surface area (Å²) in [6, 6.07) is 10.4. The van der Waals surface area contributed by atoms with E-state index in [2.05, 4.69) is 50.6 Å². The zero-order chi connectivity index (χ0) is 8.81. The minimum Gasteiger partial charge on any atom is -0.0853 e. The maximum atomic E-state index is 2.23. The lowest BCUT2D eigenvalue weighted by Crippen LogP contribution is -1.78. The Balaban J connectivity index is 2.39. The van der Waals surface area contributed by atoms with E-state index in [0.29, 0.717) is 0 Å². The molecule has 1 radical (unpaired) electrons. The Morgan fingerprint density at radius 3 is 2.42 bits per heavy atom. The van der Waals surface area contributed by atoms with Crippen molar-refractivity contribution in [2.24, 2.45) is 0 Å². The van der Waals surface area contributed by atoms with Crippen LogP contribution in [0.2, 0.25) is 0 Å². The van der Waals surface area contributed by atoms with Gasteiger partial charge < -0.3 is 0 Å². The van der Waals surface area contributed by atoms with Crippen LogP contribution in [0.5, 0.6) is 0 Å². The first kappa shape index (κ1) is 9.05. The molecule has 1 rings (SSSR count). The van der Waals surface area contributed by atoms with E-state index < -0.39 is 0 Å². The average Bonchev–Trinajstić information content (AvgIpc) is 2.05. The zero-order valence-corrected chi connectivity index (χ0v) is 7.75. The van der Waals surface area contributed by atoms with E-state index in [1.807, 2.05) is 6.07 Å². The van der Waals surface area contributed by atoms with Crippen molar-refractivity contribution in [3.8, 4) is 0 Å². The highest BCUT2D eigenvalue weighted by Crippen LogP contribution is 2.06. The van der Waals surface area contributed by atoms with E-state index in [4.69, 9.17) is 0 Å². The highest BCUT2D eigenvalue weighted by atomic mass is 13.9. The summed E-state index contributed by atoms with van der Waals surface area (Å²) >= 11 is 0. The fraction of sp³-hybridized carbons (Fsp3) is 0.250. The molecule has 0 saturated heterocycles. The maximum Gasteiger partial charge on any atom is -0.00555 e. The van der Waals surface area contributed by atoms with Gasteiger partial charge in [0.25, 0.3) is 0 Å². The van der Waals surface area contributed by atoms with Gasteiger partial charge in [-0.1, -0.05) is 42.0 Å². The Hall–Kier alpha value is -1.04. The summed E-state index contributed by atoms with van der Waals surface area (Å²) in [4.78, 5) is 0. The molecule has 0 aromatic heterocycles. The topological polar surface area (TPSA) is 0 Å². The highest BCUT2D eigenvalue weighted by Gasteiger charge is 1.88. The third-order valence-corrected chi connectivity index (χ3v) is 1.68. The van der Waals surface area contributed by atoms with E-state index in [0.717, 1.165) is 6.42 Å². The molecule has 0 bridgehead atoms. The smallest absolute Gasteiger partial charge is 0.00555 e. The van der Waals surface area contributed by atoms with Gasteiger partial charge in [0.15, 0.2) is 0 Å². The number of allylic oxidation sites excluding steroid dienone is 2. The molecule has 0 N–H and O–H groups in total. The molecule has 63 valence electrons. The summed E-state index contributed by atoms with van der Waals surface area (Å²) in [7, 11) is 0. The average molecular weight is 159 g/mol. The van der Waals surface area contributed by atoms with Crippen molar-refractivity contribution in [3.05, 3.63) is 54.0 Å². The third kappa shape index (κ3) is 3.38. The van der Waals surface area contributed by atoms with Crippen LogP contribution >= 0.6 is 0 Å². The Labute approximate surface area is 74.9 Å². The molecule has 0 heterocycles. The number of hydrogen-bond acceptors (Lipinski definition) is 0. The molecule has 0 aliphatic rings. The highest BCUT2D eigenvalue weighted by molar-refractivity contribution is 5.23. The van der Waals surface area contributed by atoms with E-state index in [9.17, 15) is 0 Å². The lowest BCUT2D eigenvalue weighted by atomic mass is 10.1. The van der Waals surface area contributed by atoms with Crippen molar-refractivity contribution in [2.45, 2.75) is 20.3 Å². The van der Waals surface area contributed by atoms with Crippen molar-refractivity contribution >= 4 is 0 Å². The van der Waals surface area contributed by atoms with Gasteiger partial charge in [0.1, 0.15) is 0 Å². The first-order valence-corrected chi connectivity index (χ1v) is 4.30. The van der Waals surface area contributed by atoms with Crippen LogP contribution in [0.15, 0.2) is 42.0 Å². The maximum absolute atomic E-state index is 2.23.